The highest BCUT2D eigenvalue weighted by Gasteiger charge is 2.05. The Morgan fingerprint density at radius 3 is 2.19 bits per heavy atom. The molecule has 0 amide bonds. The molecule has 0 bridgehead atoms. The third-order valence-corrected chi connectivity index (χ3v) is 2.39. The van der Waals surface area contributed by atoms with E-state index in [2.05, 4.69) is 13.8 Å². The van der Waals surface area contributed by atoms with Crippen LogP contribution in [0.5, 0.6) is 11.5 Å². The Bertz CT molecular complexity index is 313. The lowest BCUT2D eigenvalue weighted by atomic mass is 10.2. The Hall–Kier alpha value is -0.890. The molecule has 0 fully saturated rings. The molecule has 0 radical (unpaired) electrons. The summed E-state index contributed by atoms with van der Waals surface area (Å²) in [6, 6.07) is 5.85. The number of alkyl halides is 1. The molecule has 1 rings (SSSR count). The Morgan fingerprint density at radius 1 is 1.00 bits per heavy atom. The van der Waals surface area contributed by atoms with E-state index in [9.17, 15) is 0 Å². The topological polar surface area (TPSA) is 18.5 Å². The minimum absolute atomic E-state index is 0.497. The first-order valence-corrected chi connectivity index (χ1v) is 6.29. The quantitative estimate of drug-likeness (QED) is 0.673. The van der Waals surface area contributed by atoms with E-state index in [-0.39, 0.29) is 0 Å². The van der Waals surface area contributed by atoms with Crippen LogP contribution in [0, 0.1) is 0 Å². The monoisotopic (exact) mass is 242 g/mol. The van der Waals surface area contributed by atoms with Crippen LogP contribution in [0.2, 0.25) is 0 Å². The molecule has 0 N–H and O–H groups in total. The van der Waals surface area contributed by atoms with Crippen molar-refractivity contribution >= 4 is 11.6 Å². The summed E-state index contributed by atoms with van der Waals surface area (Å²) in [6.45, 7) is 5.58. The summed E-state index contributed by atoms with van der Waals surface area (Å²) in [6.07, 6.45) is 1.97. The second kappa shape index (κ2) is 7.39. The molecule has 0 aliphatic carbocycles. The average molecular weight is 243 g/mol. The fourth-order valence-corrected chi connectivity index (χ4v) is 1.46. The number of hydrogen-bond acceptors (Lipinski definition) is 2. The zero-order valence-electron chi connectivity index (χ0n) is 9.96. The van der Waals surface area contributed by atoms with Gasteiger partial charge in [-0.05, 0) is 30.5 Å². The maximum Gasteiger partial charge on any atom is 0.161 e. The van der Waals surface area contributed by atoms with Crippen LogP contribution in [-0.4, -0.2) is 13.2 Å². The van der Waals surface area contributed by atoms with Gasteiger partial charge in [-0.3, -0.25) is 0 Å². The molecule has 1 aromatic rings. The van der Waals surface area contributed by atoms with Crippen LogP contribution in [-0.2, 0) is 5.88 Å². The van der Waals surface area contributed by atoms with Gasteiger partial charge in [-0.2, -0.15) is 0 Å². The van der Waals surface area contributed by atoms with Crippen LogP contribution in [0.3, 0.4) is 0 Å². The molecule has 0 atom stereocenters. The fourth-order valence-electron chi connectivity index (χ4n) is 1.29. The van der Waals surface area contributed by atoms with E-state index in [1.165, 1.54) is 0 Å². The van der Waals surface area contributed by atoms with Crippen molar-refractivity contribution in [3.05, 3.63) is 23.8 Å². The van der Waals surface area contributed by atoms with Gasteiger partial charge in [0.25, 0.3) is 0 Å². The smallest absolute Gasteiger partial charge is 0.161 e. The highest BCUT2D eigenvalue weighted by Crippen LogP contribution is 2.29. The average Bonchev–Trinajstić information content (AvgIpc) is 2.34. The van der Waals surface area contributed by atoms with Gasteiger partial charge in [0.05, 0.1) is 13.2 Å². The van der Waals surface area contributed by atoms with Crippen LogP contribution in [0.15, 0.2) is 18.2 Å². The van der Waals surface area contributed by atoms with Crippen molar-refractivity contribution in [2.45, 2.75) is 32.6 Å². The van der Waals surface area contributed by atoms with Gasteiger partial charge in [0.1, 0.15) is 0 Å². The van der Waals surface area contributed by atoms with Gasteiger partial charge in [0, 0.05) is 5.88 Å². The van der Waals surface area contributed by atoms with Crippen LogP contribution >= 0.6 is 11.6 Å². The summed E-state index contributed by atoms with van der Waals surface area (Å²) in [5.74, 6) is 2.11. The summed E-state index contributed by atoms with van der Waals surface area (Å²) in [7, 11) is 0. The highest BCUT2D eigenvalue weighted by molar-refractivity contribution is 6.17. The molecule has 0 aliphatic heterocycles. The molecular formula is C13H19ClO2. The Morgan fingerprint density at radius 2 is 1.62 bits per heavy atom. The summed E-state index contributed by atoms with van der Waals surface area (Å²) in [4.78, 5) is 0. The largest absolute Gasteiger partial charge is 0.490 e. The minimum atomic E-state index is 0.497. The lowest BCUT2D eigenvalue weighted by Gasteiger charge is -2.12. The first-order chi connectivity index (χ1) is 7.81. The van der Waals surface area contributed by atoms with Crippen LogP contribution in [0.25, 0.3) is 0 Å². The molecule has 0 heterocycles. The maximum atomic E-state index is 5.79. The summed E-state index contributed by atoms with van der Waals surface area (Å²) in [5, 5.41) is 0. The molecule has 2 nitrogen and oxygen atoms in total. The van der Waals surface area contributed by atoms with Crippen molar-refractivity contribution in [1.29, 1.82) is 0 Å². The normalized spacial score (nSPS) is 10.2. The molecule has 16 heavy (non-hydrogen) atoms. The second-order valence-electron chi connectivity index (χ2n) is 3.61. The van der Waals surface area contributed by atoms with E-state index in [1.807, 2.05) is 18.2 Å². The Balaban J connectivity index is 2.78. The Labute approximate surface area is 103 Å². The lowest BCUT2D eigenvalue weighted by molar-refractivity contribution is 0.268. The van der Waals surface area contributed by atoms with Gasteiger partial charge < -0.3 is 9.47 Å². The maximum absolute atomic E-state index is 5.79. The zero-order chi connectivity index (χ0) is 11.8. The van der Waals surface area contributed by atoms with Crippen molar-refractivity contribution in [3.8, 4) is 11.5 Å². The van der Waals surface area contributed by atoms with E-state index in [0.717, 1.165) is 29.9 Å². The van der Waals surface area contributed by atoms with Gasteiger partial charge in [-0.15, -0.1) is 11.6 Å². The summed E-state index contributed by atoms with van der Waals surface area (Å²) < 4.78 is 11.3. The molecule has 0 aromatic heterocycles. The molecule has 0 unspecified atom stereocenters. The van der Waals surface area contributed by atoms with Crippen molar-refractivity contribution in [2.24, 2.45) is 0 Å². The highest BCUT2D eigenvalue weighted by atomic mass is 35.5. The van der Waals surface area contributed by atoms with Gasteiger partial charge in [0.15, 0.2) is 11.5 Å². The molecule has 90 valence electrons. The summed E-state index contributed by atoms with van der Waals surface area (Å²) in [5.41, 5.74) is 1.05. The van der Waals surface area contributed by atoms with Gasteiger partial charge in [-0.25, -0.2) is 0 Å². The second-order valence-corrected chi connectivity index (χ2v) is 3.88. The third-order valence-electron chi connectivity index (χ3n) is 2.09. The SMILES string of the molecule is CCCOc1ccc(CCl)cc1OCCC. The van der Waals surface area contributed by atoms with E-state index in [1.54, 1.807) is 0 Å². The van der Waals surface area contributed by atoms with Crippen molar-refractivity contribution in [1.82, 2.24) is 0 Å². The first-order valence-electron chi connectivity index (χ1n) is 5.76. The van der Waals surface area contributed by atoms with Crippen molar-refractivity contribution in [2.75, 3.05) is 13.2 Å². The van der Waals surface area contributed by atoms with Gasteiger partial charge in [0.2, 0.25) is 0 Å². The molecular weight excluding hydrogens is 224 g/mol. The summed E-state index contributed by atoms with van der Waals surface area (Å²) >= 11 is 5.79. The first kappa shape index (κ1) is 13.2. The van der Waals surface area contributed by atoms with Crippen molar-refractivity contribution < 1.29 is 9.47 Å². The predicted molar refractivity (Wildman–Crippen MR) is 67.6 cm³/mol. The van der Waals surface area contributed by atoms with E-state index >= 15 is 0 Å². The van der Waals surface area contributed by atoms with E-state index < -0.39 is 0 Å². The standard InChI is InChI=1S/C13H19ClO2/c1-3-7-15-12-6-5-11(10-14)9-13(12)16-8-4-2/h5-6,9H,3-4,7-8,10H2,1-2H3. The number of rotatable bonds is 7. The van der Waals surface area contributed by atoms with Gasteiger partial charge in [-0.1, -0.05) is 19.9 Å². The van der Waals surface area contributed by atoms with Gasteiger partial charge >= 0.3 is 0 Å². The van der Waals surface area contributed by atoms with E-state index in [0.29, 0.717) is 19.1 Å². The number of benzene rings is 1. The molecule has 0 aliphatic rings. The number of halogens is 1. The molecule has 3 heteroatoms. The lowest BCUT2D eigenvalue weighted by Crippen LogP contribution is -2.01. The number of ether oxygens (including phenoxy) is 2. The van der Waals surface area contributed by atoms with Crippen LogP contribution < -0.4 is 9.47 Å². The molecule has 0 saturated carbocycles. The number of hydrogen-bond donors (Lipinski definition) is 0. The fraction of sp³-hybridized carbons (Fsp3) is 0.538. The van der Waals surface area contributed by atoms with Crippen LogP contribution in [0.1, 0.15) is 32.3 Å². The zero-order valence-corrected chi connectivity index (χ0v) is 10.7. The van der Waals surface area contributed by atoms with Crippen molar-refractivity contribution in [3.63, 3.8) is 0 Å². The minimum Gasteiger partial charge on any atom is -0.490 e. The molecule has 1 aromatic carbocycles. The van der Waals surface area contributed by atoms with Crippen LogP contribution in [0.4, 0.5) is 0 Å². The molecule has 0 saturated heterocycles. The predicted octanol–water partition coefficient (Wildman–Crippen LogP) is 4.00. The Kier molecular flexibility index (Phi) is 6.09. The molecule has 0 spiro atoms. The third kappa shape index (κ3) is 3.93. The van der Waals surface area contributed by atoms with E-state index in [4.69, 9.17) is 21.1 Å².